The van der Waals surface area contributed by atoms with Crippen LogP contribution in [0.3, 0.4) is 0 Å². The summed E-state index contributed by atoms with van der Waals surface area (Å²) in [5, 5.41) is 38.8. The van der Waals surface area contributed by atoms with Crippen LogP contribution in [0.25, 0.3) is 10.8 Å². The van der Waals surface area contributed by atoms with E-state index < -0.39 is 50.3 Å². The van der Waals surface area contributed by atoms with Crippen LogP contribution in [0.2, 0.25) is 18.1 Å². The Bertz CT molecular complexity index is 2330. The molecule has 4 aliphatic rings. The summed E-state index contributed by atoms with van der Waals surface area (Å²) in [6, 6.07) is 15.2. The highest BCUT2D eigenvalue weighted by Gasteiger charge is 2.67. The molecular weight excluding hydrogens is 767 g/mol. The van der Waals surface area contributed by atoms with Crippen LogP contribution in [0, 0.1) is 18.8 Å². The molecule has 5 atom stereocenters. The van der Waals surface area contributed by atoms with Gasteiger partial charge in [-0.25, -0.2) is 0 Å². The molecule has 3 N–H and O–H groups in total. The fourth-order valence-electron chi connectivity index (χ4n) is 9.39. The summed E-state index contributed by atoms with van der Waals surface area (Å²) < 4.78 is 26.0. The molecule has 59 heavy (non-hydrogen) atoms. The van der Waals surface area contributed by atoms with Crippen molar-refractivity contribution in [1.82, 2.24) is 15.0 Å². The zero-order chi connectivity index (χ0) is 42.2. The lowest BCUT2D eigenvalue weighted by Crippen LogP contribution is -2.65. The first kappa shape index (κ1) is 41.4. The zero-order valence-corrected chi connectivity index (χ0v) is 36.4. The van der Waals surface area contributed by atoms with E-state index in [0.29, 0.717) is 35.5 Å². The molecule has 3 aliphatic carbocycles. The number of aliphatic hydroxyl groups excluding tert-OH is 3. The third-order valence-corrected chi connectivity index (χ3v) is 18.0. The van der Waals surface area contributed by atoms with E-state index in [1.807, 2.05) is 75.4 Å². The number of carbonyl (C=O) groups excluding carboxylic acids is 2. The number of aliphatic hydroxyl groups is 3. The summed E-state index contributed by atoms with van der Waals surface area (Å²) in [6.07, 6.45) is 0.673. The van der Waals surface area contributed by atoms with E-state index in [1.165, 1.54) is 6.42 Å². The van der Waals surface area contributed by atoms with E-state index in [2.05, 4.69) is 43.0 Å². The molecule has 1 unspecified atom stereocenters. The van der Waals surface area contributed by atoms with Crippen LogP contribution in [-0.2, 0) is 24.0 Å². The monoisotopic (exact) mass is 823 g/mol. The minimum absolute atomic E-state index is 0.0146. The van der Waals surface area contributed by atoms with Gasteiger partial charge in [0.25, 0.3) is 5.88 Å². The Kier molecular flexibility index (Phi) is 10.7. The average molecular weight is 824 g/mol. The lowest BCUT2D eigenvalue weighted by molar-refractivity contribution is -0.0480. The molecule has 1 aliphatic heterocycles. The largest absolute Gasteiger partial charge is 0.508 e. The van der Waals surface area contributed by atoms with Crippen LogP contribution in [0.5, 0.6) is 11.6 Å². The lowest BCUT2D eigenvalue weighted by atomic mass is 9.58. The van der Waals surface area contributed by atoms with Crippen LogP contribution in [0.1, 0.15) is 88.4 Å². The Morgan fingerprint density at radius 3 is 2.41 bits per heavy atom. The zero-order valence-electron chi connectivity index (χ0n) is 35.4. The third-order valence-electron chi connectivity index (χ3n) is 13.6. The molecule has 314 valence electrons. The molecule has 0 amide bonds. The predicted octanol–water partition coefficient (Wildman–Crippen LogP) is 7.10. The van der Waals surface area contributed by atoms with Crippen molar-refractivity contribution >= 4 is 30.7 Å². The van der Waals surface area contributed by atoms with Crippen molar-refractivity contribution in [3.63, 3.8) is 0 Å². The molecule has 0 saturated carbocycles. The van der Waals surface area contributed by atoms with E-state index in [4.69, 9.17) is 18.4 Å². The number of nitrogens with zero attached hydrogens (tertiary/aromatic N) is 3. The molecule has 0 spiro atoms. The second-order valence-corrected chi connectivity index (χ2v) is 23.4. The summed E-state index contributed by atoms with van der Waals surface area (Å²) in [5.74, 6) is -1.64. The Labute approximate surface area is 346 Å². The van der Waals surface area contributed by atoms with Crippen molar-refractivity contribution in [1.29, 1.82) is 0 Å². The second kappa shape index (κ2) is 15.3. The number of rotatable bonds is 12. The van der Waals surface area contributed by atoms with Crippen LogP contribution in [0.15, 0.2) is 64.4 Å². The van der Waals surface area contributed by atoms with Crippen molar-refractivity contribution in [2.24, 2.45) is 11.8 Å². The van der Waals surface area contributed by atoms with E-state index in [1.54, 1.807) is 0 Å². The summed E-state index contributed by atoms with van der Waals surface area (Å²) in [7, 11) is 0.896. The number of carbonyl (C=O) groups is 2. The molecule has 12 nitrogen and oxygen atoms in total. The van der Waals surface area contributed by atoms with E-state index in [9.17, 15) is 15.3 Å². The maximum absolute atomic E-state index is 15.6. The van der Waals surface area contributed by atoms with Gasteiger partial charge in [0.15, 0.2) is 25.5 Å². The number of aryl methyl sites for hydroxylation is 1. The Balaban J connectivity index is 1.32. The highest BCUT2D eigenvalue weighted by molar-refractivity contribution is 6.74. The Hall–Kier alpha value is -4.37. The third kappa shape index (κ3) is 6.83. The van der Waals surface area contributed by atoms with Crippen molar-refractivity contribution in [3.8, 4) is 11.6 Å². The first-order valence-corrected chi connectivity index (χ1v) is 23.7. The van der Waals surface area contributed by atoms with E-state index in [-0.39, 0.29) is 46.8 Å². The molecule has 1 fully saturated rings. The maximum Gasteiger partial charge on any atom is 0.265 e. The van der Waals surface area contributed by atoms with Gasteiger partial charge in [-0.3, -0.25) is 19.4 Å². The molecule has 13 heteroatoms. The van der Waals surface area contributed by atoms with Gasteiger partial charge in [-0.2, -0.15) is 0 Å². The van der Waals surface area contributed by atoms with Crippen molar-refractivity contribution in [3.05, 3.63) is 99.0 Å². The maximum atomic E-state index is 15.6. The Morgan fingerprint density at radius 1 is 1.03 bits per heavy atom. The fraction of sp³-hybridized carbons (Fsp3) is 0.500. The standard InChI is InChI=1S/C46H57N3O9Si/c1-26-32-19-28(22-49-17-12-18-49)15-16-31(32)40(55-25-30(51)23-50)33-20-29-21-34-38(48(5)6)41-37(44(47-57-41)56-24-27-13-10-9-11-14-27)43(54)46(34,58-59(7,8)45(2,3)4)42(53)36(29)39(52)35(26)33/h9-11,13-16,19,29-30,34,38,50-51,53H,12,17-18,20-25H2,1-8H3/t29-,30?,34-,38-,46-/m0/s1. The van der Waals surface area contributed by atoms with Gasteiger partial charge in [0, 0.05) is 34.5 Å². The summed E-state index contributed by atoms with van der Waals surface area (Å²) in [5.41, 5.74) is 2.16. The molecule has 2 heterocycles. The van der Waals surface area contributed by atoms with Crippen molar-refractivity contribution in [2.45, 2.75) is 96.0 Å². The number of aromatic nitrogens is 1. The number of benzene rings is 3. The van der Waals surface area contributed by atoms with Gasteiger partial charge in [-0.05, 0) is 111 Å². The van der Waals surface area contributed by atoms with E-state index in [0.717, 1.165) is 47.1 Å². The molecule has 8 rings (SSSR count). The fourth-order valence-corrected chi connectivity index (χ4v) is 10.8. The number of hydrogen-bond donors (Lipinski definition) is 3. The van der Waals surface area contributed by atoms with Crippen LogP contribution in [0.4, 0.5) is 0 Å². The topological polar surface area (TPSA) is 155 Å². The smallest absolute Gasteiger partial charge is 0.265 e. The summed E-state index contributed by atoms with van der Waals surface area (Å²) in [6.45, 7) is 14.6. The average Bonchev–Trinajstić information content (AvgIpc) is 3.59. The molecular formula is C46H57N3O9Si. The first-order chi connectivity index (χ1) is 28.0. The SMILES string of the molecule is Cc1c2c(c(OCC(O)CO)c3ccc(CN4CCC4)cc13)C[C@H]1C[C@H]3[C@H](N(C)C)c4onc(OCc5ccccc5)c4C(=O)[C@@]3(O[Si](C)(C)C(C)(C)C)C(O)=C1C2=O. The van der Waals surface area contributed by atoms with Gasteiger partial charge in [0.05, 0.1) is 12.6 Å². The molecule has 1 aromatic heterocycles. The molecule has 3 aromatic carbocycles. The number of ketones is 2. The highest BCUT2D eigenvalue weighted by atomic mass is 28.4. The van der Waals surface area contributed by atoms with Gasteiger partial charge < -0.3 is 33.7 Å². The quantitative estimate of drug-likeness (QED) is 0.125. The van der Waals surface area contributed by atoms with Gasteiger partial charge in [-0.1, -0.05) is 63.2 Å². The van der Waals surface area contributed by atoms with Gasteiger partial charge in [0.1, 0.15) is 36.4 Å². The van der Waals surface area contributed by atoms with Crippen molar-refractivity contribution in [2.75, 3.05) is 40.4 Å². The van der Waals surface area contributed by atoms with Crippen LogP contribution < -0.4 is 9.47 Å². The Morgan fingerprint density at radius 2 is 1.76 bits per heavy atom. The molecule has 0 bridgehead atoms. The first-order valence-electron chi connectivity index (χ1n) is 20.8. The van der Waals surface area contributed by atoms with Gasteiger partial charge in [0.2, 0.25) is 5.78 Å². The lowest BCUT2D eigenvalue weighted by Gasteiger charge is -2.55. The van der Waals surface area contributed by atoms with Crippen LogP contribution in [-0.4, -0.2) is 102 Å². The molecule has 1 saturated heterocycles. The number of Topliss-reactive ketones (excluding diaryl/α,β-unsaturated/α-hetero) is 2. The second-order valence-electron chi connectivity index (χ2n) is 18.6. The van der Waals surface area contributed by atoms with Gasteiger partial charge in [-0.15, -0.1) is 0 Å². The number of likely N-dealkylation sites (tertiary alicyclic amines) is 1. The molecule has 4 aromatic rings. The minimum Gasteiger partial charge on any atom is -0.508 e. The normalized spacial score (nSPS) is 23.7. The number of hydrogen-bond acceptors (Lipinski definition) is 12. The van der Waals surface area contributed by atoms with Crippen molar-refractivity contribution < 1.29 is 43.3 Å². The van der Waals surface area contributed by atoms with Crippen LogP contribution >= 0.6 is 0 Å². The predicted molar refractivity (Wildman–Crippen MR) is 226 cm³/mol. The minimum atomic E-state index is -2.90. The summed E-state index contributed by atoms with van der Waals surface area (Å²) in [4.78, 5) is 35.4. The number of ether oxygens (including phenoxy) is 2. The highest BCUT2D eigenvalue weighted by Crippen LogP contribution is 2.60. The van der Waals surface area contributed by atoms with E-state index >= 15 is 9.59 Å². The summed E-state index contributed by atoms with van der Waals surface area (Å²) >= 11 is 0. The van der Waals surface area contributed by atoms with Gasteiger partial charge >= 0.3 is 0 Å². The number of allylic oxidation sites excluding steroid dienone is 1. The molecule has 0 radical (unpaired) electrons. The number of fused-ring (bicyclic) bond motifs is 5.